The Hall–Kier alpha value is -2.41. The van der Waals surface area contributed by atoms with Gasteiger partial charge in [0.25, 0.3) is 0 Å². The van der Waals surface area contributed by atoms with E-state index in [2.05, 4.69) is 4.90 Å². The lowest BCUT2D eigenvalue weighted by molar-refractivity contribution is -0.138. The van der Waals surface area contributed by atoms with Crippen LogP contribution in [-0.4, -0.2) is 41.9 Å². The number of hydrogen-bond donors (Lipinski definition) is 0. The van der Waals surface area contributed by atoms with Crippen LogP contribution in [0.15, 0.2) is 48.5 Å². The summed E-state index contributed by atoms with van der Waals surface area (Å²) < 4.78 is 51.6. The third-order valence-corrected chi connectivity index (χ3v) is 5.35. The van der Waals surface area contributed by atoms with Gasteiger partial charge in [-0.2, -0.15) is 13.2 Å². The van der Waals surface area contributed by atoms with Crippen LogP contribution in [0.1, 0.15) is 29.5 Å². The Kier molecular flexibility index (Phi) is 6.57. The standard InChI is InChI=1S/C22H24F4N2O/c1-27-12-10-20(11-13-27)28(21(29)14-16-4-8-19(23)9-5-16)15-17-2-6-18(7-3-17)22(24,25)26/h2-9,20H,10-15H2,1H3. The molecule has 1 fully saturated rings. The summed E-state index contributed by atoms with van der Waals surface area (Å²) in [6.45, 7) is 1.97. The molecule has 0 aliphatic carbocycles. The van der Waals surface area contributed by atoms with Crippen molar-refractivity contribution in [3.63, 3.8) is 0 Å². The molecule has 2 aromatic carbocycles. The van der Waals surface area contributed by atoms with Gasteiger partial charge in [0.15, 0.2) is 0 Å². The zero-order valence-electron chi connectivity index (χ0n) is 16.3. The Bertz CT molecular complexity index is 810. The van der Waals surface area contributed by atoms with E-state index in [0.29, 0.717) is 11.1 Å². The summed E-state index contributed by atoms with van der Waals surface area (Å²) in [5, 5.41) is 0. The molecular formula is C22H24F4N2O. The van der Waals surface area contributed by atoms with Crippen LogP contribution < -0.4 is 0 Å². The molecule has 0 N–H and O–H groups in total. The van der Waals surface area contributed by atoms with Crippen molar-refractivity contribution in [1.29, 1.82) is 0 Å². The lowest BCUT2D eigenvalue weighted by Crippen LogP contribution is -2.46. The van der Waals surface area contributed by atoms with Crippen molar-refractivity contribution in [1.82, 2.24) is 9.80 Å². The van der Waals surface area contributed by atoms with Crippen molar-refractivity contribution < 1.29 is 22.4 Å². The highest BCUT2D eigenvalue weighted by atomic mass is 19.4. The normalized spacial score (nSPS) is 16.0. The first-order valence-corrected chi connectivity index (χ1v) is 9.61. The Morgan fingerprint density at radius 3 is 2.10 bits per heavy atom. The molecule has 0 spiro atoms. The number of nitrogens with zero attached hydrogens (tertiary/aromatic N) is 2. The molecule has 3 nitrogen and oxygen atoms in total. The fraction of sp³-hybridized carbons (Fsp3) is 0.409. The van der Waals surface area contributed by atoms with E-state index >= 15 is 0 Å². The largest absolute Gasteiger partial charge is 0.416 e. The van der Waals surface area contributed by atoms with E-state index in [1.165, 1.54) is 24.3 Å². The number of benzene rings is 2. The maximum Gasteiger partial charge on any atom is 0.416 e. The number of likely N-dealkylation sites (tertiary alicyclic amines) is 1. The maximum atomic E-state index is 13.1. The highest BCUT2D eigenvalue weighted by Crippen LogP contribution is 2.29. The Labute approximate surface area is 167 Å². The number of carbonyl (C=O) groups excluding carboxylic acids is 1. The zero-order valence-corrected chi connectivity index (χ0v) is 16.3. The fourth-order valence-electron chi connectivity index (χ4n) is 3.60. The molecule has 1 heterocycles. The van der Waals surface area contributed by atoms with Crippen LogP contribution in [0.3, 0.4) is 0 Å². The van der Waals surface area contributed by atoms with E-state index in [9.17, 15) is 22.4 Å². The number of halogens is 4. The molecule has 0 unspecified atom stereocenters. The van der Waals surface area contributed by atoms with Crippen molar-refractivity contribution >= 4 is 5.91 Å². The molecular weight excluding hydrogens is 384 g/mol. The molecule has 2 aromatic rings. The first-order chi connectivity index (χ1) is 13.7. The number of piperidine rings is 1. The van der Waals surface area contributed by atoms with Gasteiger partial charge in [0.05, 0.1) is 12.0 Å². The summed E-state index contributed by atoms with van der Waals surface area (Å²) in [5.74, 6) is -0.468. The minimum atomic E-state index is -4.38. The van der Waals surface area contributed by atoms with E-state index in [0.717, 1.165) is 38.1 Å². The van der Waals surface area contributed by atoms with Crippen LogP contribution in [0.25, 0.3) is 0 Å². The topological polar surface area (TPSA) is 23.6 Å². The van der Waals surface area contributed by atoms with Gasteiger partial charge in [0, 0.05) is 12.6 Å². The number of carbonyl (C=O) groups is 1. The Balaban J connectivity index is 1.77. The zero-order chi connectivity index (χ0) is 21.0. The predicted octanol–water partition coefficient (Wildman–Crippen LogP) is 4.51. The van der Waals surface area contributed by atoms with Crippen LogP contribution in [0, 0.1) is 5.82 Å². The summed E-state index contributed by atoms with van der Waals surface area (Å²) in [4.78, 5) is 17.0. The van der Waals surface area contributed by atoms with Crippen LogP contribution in [0.4, 0.5) is 17.6 Å². The van der Waals surface area contributed by atoms with Crippen LogP contribution in [-0.2, 0) is 23.9 Å². The minimum absolute atomic E-state index is 0.0291. The second-order valence-electron chi connectivity index (χ2n) is 7.55. The van der Waals surface area contributed by atoms with Crippen molar-refractivity contribution in [3.8, 4) is 0 Å². The number of rotatable bonds is 5. The smallest absolute Gasteiger partial charge is 0.335 e. The molecule has 156 valence electrons. The second-order valence-corrected chi connectivity index (χ2v) is 7.55. The van der Waals surface area contributed by atoms with Crippen LogP contribution >= 0.6 is 0 Å². The van der Waals surface area contributed by atoms with E-state index in [4.69, 9.17) is 0 Å². The highest BCUT2D eigenvalue weighted by molar-refractivity contribution is 5.79. The molecule has 3 rings (SSSR count). The minimum Gasteiger partial charge on any atom is -0.335 e. The average Bonchev–Trinajstić information content (AvgIpc) is 2.68. The lowest BCUT2D eigenvalue weighted by Gasteiger charge is -2.37. The van der Waals surface area contributed by atoms with Crippen LogP contribution in [0.5, 0.6) is 0 Å². The maximum absolute atomic E-state index is 13.1. The average molecular weight is 408 g/mol. The number of hydrogen-bond acceptors (Lipinski definition) is 2. The number of amides is 1. The third-order valence-electron chi connectivity index (χ3n) is 5.35. The summed E-state index contributed by atoms with van der Waals surface area (Å²) in [5.41, 5.74) is 0.663. The van der Waals surface area contributed by atoms with Crippen molar-refractivity contribution in [3.05, 3.63) is 71.0 Å². The van der Waals surface area contributed by atoms with Gasteiger partial charge < -0.3 is 9.80 Å². The van der Waals surface area contributed by atoms with Gasteiger partial charge in [-0.1, -0.05) is 24.3 Å². The second kappa shape index (κ2) is 8.95. The molecule has 1 aliphatic rings. The molecule has 0 saturated carbocycles. The van der Waals surface area contributed by atoms with Crippen molar-refractivity contribution in [2.24, 2.45) is 0 Å². The molecule has 1 saturated heterocycles. The summed E-state index contributed by atoms with van der Waals surface area (Å²) in [6.07, 6.45) is -2.63. The first-order valence-electron chi connectivity index (χ1n) is 9.61. The molecule has 29 heavy (non-hydrogen) atoms. The van der Waals surface area contributed by atoms with Gasteiger partial charge in [0.1, 0.15) is 5.82 Å². The van der Waals surface area contributed by atoms with Crippen LogP contribution in [0.2, 0.25) is 0 Å². The molecule has 7 heteroatoms. The molecule has 1 aliphatic heterocycles. The van der Waals surface area contributed by atoms with E-state index in [-0.39, 0.29) is 30.7 Å². The van der Waals surface area contributed by atoms with Gasteiger partial charge in [-0.15, -0.1) is 0 Å². The molecule has 0 bridgehead atoms. The Morgan fingerprint density at radius 2 is 1.55 bits per heavy atom. The number of alkyl halides is 3. The Morgan fingerprint density at radius 1 is 1.00 bits per heavy atom. The third kappa shape index (κ3) is 5.79. The molecule has 0 aromatic heterocycles. The van der Waals surface area contributed by atoms with Crippen molar-refractivity contribution in [2.75, 3.05) is 20.1 Å². The SMILES string of the molecule is CN1CCC(N(Cc2ccc(C(F)(F)F)cc2)C(=O)Cc2ccc(F)cc2)CC1. The highest BCUT2D eigenvalue weighted by Gasteiger charge is 2.31. The van der Waals surface area contributed by atoms with E-state index in [1.807, 2.05) is 7.05 Å². The van der Waals surface area contributed by atoms with Gasteiger partial charge in [-0.05, 0) is 68.4 Å². The van der Waals surface area contributed by atoms with E-state index in [1.54, 1.807) is 17.0 Å². The monoisotopic (exact) mass is 408 g/mol. The van der Waals surface area contributed by atoms with E-state index < -0.39 is 11.7 Å². The summed E-state index contributed by atoms with van der Waals surface area (Å²) in [7, 11) is 2.02. The predicted molar refractivity (Wildman–Crippen MR) is 103 cm³/mol. The first kappa shape index (κ1) is 21.3. The van der Waals surface area contributed by atoms with Gasteiger partial charge in [-0.3, -0.25) is 4.79 Å². The van der Waals surface area contributed by atoms with Crippen molar-refractivity contribution in [2.45, 2.75) is 38.0 Å². The summed E-state index contributed by atoms with van der Waals surface area (Å²) in [6, 6.07) is 10.8. The van der Waals surface area contributed by atoms with Gasteiger partial charge >= 0.3 is 6.18 Å². The molecule has 0 radical (unpaired) electrons. The van der Waals surface area contributed by atoms with Gasteiger partial charge in [-0.25, -0.2) is 4.39 Å². The van der Waals surface area contributed by atoms with Gasteiger partial charge in [0.2, 0.25) is 5.91 Å². The lowest BCUT2D eigenvalue weighted by atomic mass is 10.0. The fourth-order valence-corrected chi connectivity index (χ4v) is 3.60. The quantitative estimate of drug-likeness (QED) is 0.680. The molecule has 0 atom stereocenters. The summed E-state index contributed by atoms with van der Waals surface area (Å²) >= 11 is 0. The molecule has 1 amide bonds.